The van der Waals surface area contributed by atoms with Crippen LogP contribution in [0.1, 0.15) is 39.5 Å². The van der Waals surface area contributed by atoms with Crippen LogP contribution in [0.5, 0.6) is 0 Å². The number of amides is 2. The van der Waals surface area contributed by atoms with Crippen LogP contribution >= 0.6 is 0 Å². The zero-order chi connectivity index (χ0) is 15.0. The van der Waals surface area contributed by atoms with Gasteiger partial charge < -0.3 is 14.5 Å². The molecule has 0 N–H and O–H groups in total. The van der Waals surface area contributed by atoms with Crippen molar-refractivity contribution in [2.24, 2.45) is 11.8 Å². The molecular weight excluding hydrogens is 268 g/mol. The third-order valence-corrected chi connectivity index (χ3v) is 5.05. The van der Waals surface area contributed by atoms with Gasteiger partial charge in [0, 0.05) is 31.3 Å². The first-order chi connectivity index (χ1) is 9.99. The molecule has 3 heterocycles. The number of rotatable bonds is 3. The molecule has 5 heteroatoms. The number of hydrogen-bond acceptors (Lipinski definition) is 3. The summed E-state index contributed by atoms with van der Waals surface area (Å²) in [6.07, 6.45) is 3.83. The Hall–Kier alpha value is -1.10. The smallest absolute Gasteiger partial charge is 0.225 e. The van der Waals surface area contributed by atoms with E-state index in [1.807, 2.05) is 23.6 Å². The van der Waals surface area contributed by atoms with Gasteiger partial charge in [-0.3, -0.25) is 9.59 Å². The topological polar surface area (TPSA) is 49.9 Å². The SMILES string of the molecule is CC(C)C(=O)N1CC2(CC[C@H](CN3CCCC3=O)CO2)C1. The molecule has 1 spiro atoms. The normalized spacial score (nSPS) is 28.3. The maximum absolute atomic E-state index is 11.9. The molecule has 0 aliphatic carbocycles. The minimum absolute atomic E-state index is 0.0693. The average Bonchev–Trinajstić information content (AvgIpc) is 2.82. The Morgan fingerprint density at radius 2 is 2.19 bits per heavy atom. The van der Waals surface area contributed by atoms with Crippen LogP contribution in [0.15, 0.2) is 0 Å². The van der Waals surface area contributed by atoms with Gasteiger partial charge in [0.2, 0.25) is 11.8 Å². The van der Waals surface area contributed by atoms with Gasteiger partial charge in [-0.15, -0.1) is 0 Å². The Labute approximate surface area is 126 Å². The molecule has 2 amide bonds. The number of carbonyl (C=O) groups is 2. The van der Waals surface area contributed by atoms with Crippen LogP contribution in [0, 0.1) is 11.8 Å². The summed E-state index contributed by atoms with van der Waals surface area (Å²) >= 11 is 0. The van der Waals surface area contributed by atoms with E-state index in [0.717, 1.165) is 52.0 Å². The van der Waals surface area contributed by atoms with E-state index in [2.05, 4.69) is 0 Å². The Bertz CT molecular complexity index is 419. The van der Waals surface area contributed by atoms with E-state index < -0.39 is 0 Å². The number of hydrogen-bond donors (Lipinski definition) is 0. The molecule has 0 aromatic heterocycles. The lowest BCUT2D eigenvalue weighted by molar-refractivity contribution is -0.191. The molecule has 21 heavy (non-hydrogen) atoms. The van der Waals surface area contributed by atoms with E-state index in [4.69, 9.17) is 4.74 Å². The van der Waals surface area contributed by atoms with Crippen molar-refractivity contribution in [2.75, 3.05) is 32.8 Å². The Kier molecular flexibility index (Phi) is 3.95. The molecule has 3 aliphatic heterocycles. The van der Waals surface area contributed by atoms with Gasteiger partial charge in [0.15, 0.2) is 0 Å². The van der Waals surface area contributed by atoms with Crippen molar-refractivity contribution in [2.45, 2.75) is 45.1 Å². The van der Waals surface area contributed by atoms with Crippen molar-refractivity contribution < 1.29 is 14.3 Å². The number of carbonyl (C=O) groups excluding carboxylic acids is 2. The zero-order valence-electron chi connectivity index (χ0n) is 13.1. The first-order valence-corrected chi connectivity index (χ1v) is 8.20. The van der Waals surface area contributed by atoms with Crippen LogP contribution in [0.4, 0.5) is 0 Å². The summed E-state index contributed by atoms with van der Waals surface area (Å²) in [5.41, 5.74) is -0.0872. The first-order valence-electron chi connectivity index (χ1n) is 8.20. The molecule has 0 aromatic carbocycles. The molecule has 3 saturated heterocycles. The summed E-state index contributed by atoms with van der Waals surface area (Å²) in [6.45, 7) is 7.88. The molecule has 3 fully saturated rings. The maximum atomic E-state index is 11.9. The van der Waals surface area contributed by atoms with Crippen molar-refractivity contribution in [3.63, 3.8) is 0 Å². The Morgan fingerprint density at radius 1 is 1.43 bits per heavy atom. The summed E-state index contributed by atoms with van der Waals surface area (Å²) in [4.78, 5) is 27.5. The standard InChI is InChI=1S/C16H26N2O3/c1-12(2)15(20)18-10-16(11-18)6-5-13(9-21-16)8-17-7-3-4-14(17)19/h12-13H,3-11H2,1-2H3/t13-/m1/s1. The Morgan fingerprint density at radius 3 is 2.71 bits per heavy atom. The second-order valence-corrected chi connectivity index (χ2v) is 7.19. The molecule has 0 unspecified atom stereocenters. The third kappa shape index (κ3) is 2.93. The van der Waals surface area contributed by atoms with Gasteiger partial charge in [0.1, 0.15) is 5.60 Å². The van der Waals surface area contributed by atoms with Gasteiger partial charge in [-0.1, -0.05) is 13.8 Å². The number of likely N-dealkylation sites (tertiary alicyclic amines) is 2. The first kappa shape index (κ1) is 14.8. The van der Waals surface area contributed by atoms with Crippen LogP contribution in [0.2, 0.25) is 0 Å². The van der Waals surface area contributed by atoms with Crippen LogP contribution in [-0.2, 0) is 14.3 Å². The second kappa shape index (κ2) is 5.59. The third-order valence-electron chi connectivity index (χ3n) is 5.05. The number of nitrogens with zero attached hydrogens (tertiary/aromatic N) is 2. The maximum Gasteiger partial charge on any atom is 0.225 e. The van der Waals surface area contributed by atoms with Gasteiger partial charge in [0.05, 0.1) is 19.7 Å². The Balaban J connectivity index is 1.44. The molecular formula is C16H26N2O3. The minimum atomic E-state index is -0.0872. The van der Waals surface area contributed by atoms with Crippen molar-refractivity contribution in [3.05, 3.63) is 0 Å². The molecule has 0 saturated carbocycles. The van der Waals surface area contributed by atoms with E-state index in [-0.39, 0.29) is 17.4 Å². The average molecular weight is 294 g/mol. The van der Waals surface area contributed by atoms with E-state index in [1.165, 1.54) is 0 Å². The van der Waals surface area contributed by atoms with Crippen molar-refractivity contribution >= 4 is 11.8 Å². The molecule has 1 atom stereocenters. The summed E-state index contributed by atoms with van der Waals surface area (Å²) in [5, 5.41) is 0. The van der Waals surface area contributed by atoms with Crippen LogP contribution in [-0.4, -0.2) is 60.0 Å². The highest BCUT2D eigenvalue weighted by molar-refractivity contribution is 5.79. The highest BCUT2D eigenvalue weighted by Gasteiger charge is 2.48. The summed E-state index contributed by atoms with van der Waals surface area (Å²) in [6, 6.07) is 0. The van der Waals surface area contributed by atoms with E-state index in [9.17, 15) is 9.59 Å². The second-order valence-electron chi connectivity index (χ2n) is 7.19. The van der Waals surface area contributed by atoms with Crippen LogP contribution in [0.3, 0.4) is 0 Å². The van der Waals surface area contributed by atoms with E-state index in [0.29, 0.717) is 18.2 Å². The predicted molar refractivity (Wildman–Crippen MR) is 78.6 cm³/mol. The van der Waals surface area contributed by atoms with E-state index >= 15 is 0 Å². The molecule has 3 aliphatic rings. The molecule has 0 radical (unpaired) electrons. The summed E-state index contributed by atoms with van der Waals surface area (Å²) in [7, 11) is 0. The minimum Gasteiger partial charge on any atom is -0.371 e. The van der Waals surface area contributed by atoms with Crippen molar-refractivity contribution in [3.8, 4) is 0 Å². The van der Waals surface area contributed by atoms with Gasteiger partial charge in [-0.25, -0.2) is 0 Å². The molecule has 0 bridgehead atoms. The highest BCUT2D eigenvalue weighted by Crippen LogP contribution is 2.37. The summed E-state index contributed by atoms with van der Waals surface area (Å²) < 4.78 is 6.09. The molecule has 118 valence electrons. The van der Waals surface area contributed by atoms with Crippen LogP contribution < -0.4 is 0 Å². The highest BCUT2D eigenvalue weighted by atomic mass is 16.5. The largest absolute Gasteiger partial charge is 0.371 e. The monoisotopic (exact) mass is 294 g/mol. The van der Waals surface area contributed by atoms with Crippen LogP contribution in [0.25, 0.3) is 0 Å². The van der Waals surface area contributed by atoms with E-state index in [1.54, 1.807) is 0 Å². The molecule has 5 nitrogen and oxygen atoms in total. The van der Waals surface area contributed by atoms with Gasteiger partial charge in [-0.05, 0) is 19.3 Å². The summed E-state index contributed by atoms with van der Waals surface area (Å²) in [5.74, 6) is 1.06. The van der Waals surface area contributed by atoms with Gasteiger partial charge >= 0.3 is 0 Å². The quantitative estimate of drug-likeness (QED) is 0.787. The lowest BCUT2D eigenvalue weighted by Gasteiger charge is -2.53. The van der Waals surface area contributed by atoms with Crippen molar-refractivity contribution in [1.29, 1.82) is 0 Å². The van der Waals surface area contributed by atoms with Gasteiger partial charge in [0.25, 0.3) is 0 Å². The fraction of sp³-hybridized carbons (Fsp3) is 0.875. The lowest BCUT2D eigenvalue weighted by atomic mass is 9.82. The van der Waals surface area contributed by atoms with Gasteiger partial charge in [-0.2, -0.15) is 0 Å². The number of ether oxygens (including phenoxy) is 1. The fourth-order valence-corrected chi connectivity index (χ4v) is 3.69. The van der Waals surface area contributed by atoms with Crippen molar-refractivity contribution in [1.82, 2.24) is 9.80 Å². The molecule has 0 aromatic rings. The lowest BCUT2D eigenvalue weighted by Crippen LogP contribution is -2.67. The zero-order valence-corrected chi connectivity index (χ0v) is 13.1. The fourth-order valence-electron chi connectivity index (χ4n) is 3.69. The molecule has 3 rings (SSSR count). The predicted octanol–water partition coefficient (Wildman–Crippen LogP) is 1.27.